The van der Waals surface area contributed by atoms with Crippen LogP contribution in [0.5, 0.6) is 11.5 Å². The number of likely N-dealkylation sites (tertiary alicyclic amines) is 1. The van der Waals surface area contributed by atoms with E-state index in [-0.39, 0.29) is 30.4 Å². The van der Waals surface area contributed by atoms with Crippen molar-refractivity contribution in [3.63, 3.8) is 0 Å². The van der Waals surface area contributed by atoms with Crippen molar-refractivity contribution in [3.05, 3.63) is 60.2 Å². The maximum Gasteiger partial charge on any atom is 0.573 e. The number of nitrogens with two attached hydrogens (primary N) is 1. The lowest BCUT2D eigenvalue weighted by molar-refractivity contribution is -0.274. The third kappa shape index (κ3) is 6.48. The highest BCUT2D eigenvalue weighted by molar-refractivity contribution is 5.97. The first-order chi connectivity index (χ1) is 17.5. The third-order valence-electron chi connectivity index (χ3n) is 5.72. The summed E-state index contributed by atoms with van der Waals surface area (Å²) in [5.41, 5.74) is 7.07. The minimum absolute atomic E-state index is 0.218. The Labute approximate surface area is 208 Å². The number of halogens is 4. The Morgan fingerprint density at radius 1 is 1.11 bits per heavy atom. The lowest BCUT2D eigenvalue weighted by Crippen LogP contribution is -2.44. The van der Waals surface area contributed by atoms with Gasteiger partial charge in [-0.15, -0.1) is 13.2 Å². The summed E-state index contributed by atoms with van der Waals surface area (Å²) < 4.78 is 62.3. The predicted molar refractivity (Wildman–Crippen MR) is 124 cm³/mol. The summed E-state index contributed by atoms with van der Waals surface area (Å²) in [7, 11) is 1.78. The Morgan fingerprint density at radius 3 is 2.43 bits per heavy atom. The van der Waals surface area contributed by atoms with Crippen molar-refractivity contribution in [1.82, 2.24) is 14.7 Å². The first-order valence-electron chi connectivity index (χ1n) is 11.2. The standard InChI is InChI=1S/C24H23F4N5O4/c1-32-13-15(12-30-32)14-2-5-21(18(10-14)22(29)34)36-16-6-8-33(9-7-16)23(35)31-20-4-3-17(11-19(20)25)37-24(26,27)28/h2-5,10-13,16H,6-9H2,1H3,(H2,29,34)(H,31,35). The van der Waals surface area contributed by atoms with Crippen molar-refractivity contribution in [2.75, 3.05) is 18.4 Å². The van der Waals surface area contributed by atoms with E-state index in [1.807, 2.05) is 0 Å². The number of amides is 3. The molecule has 1 saturated heterocycles. The van der Waals surface area contributed by atoms with Crippen LogP contribution in [0.25, 0.3) is 11.1 Å². The zero-order chi connectivity index (χ0) is 26.7. The molecule has 3 aromatic rings. The number of hydrogen-bond donors (Lipinski definition) is 2. The van der Waals surface area contributed by atoms with Crippen molar-refractivity contribution in [3.8, 4) is 22.6 Å². The molecule has 0 saturated carbocycles. The number of ether oxygens (including phenoxy) is 2. The van der Waals surface area contributed by atoms with E-state index < -0.39 is 29.9 Å². The Morgan fingerprint density at radius 2 is 1.84 bits per heavy atom. The summed E-state index contributed by atoms with van der Waals surface area (Å²) >= 11 is 0. The molecule has 0 atom stereocenters. The Balaban J connectivity index is 1.35. The number of alkyl halides is 3. The number of anilines is 1. The molecule has 1 aliphatic rings. The molecular formula is C24H23F4N5O4. The first kappa shape index (κ1) is 25.8. The number of aryl methyl sites for hydroxylation is 1. The van der Waals surface area contributed by atoms with Crippen LogP contribution >= 0.6 is 0 Å². The molecule has 37 heavy (non-hydrogen) atoms. The molecule has 0 bridgehead atoms. The minimum atomic E-state index is -4.96. The van der Waals surface area contributed by atoms with E-state index in [4.69, 9.17) is 10.5 Å². The highest BCUT2D eigenvalue weighted by atomic mass is 19.4. The van der Waals surface area contributed by atoms with Gasteiger partial charge < -0.3 is 25.4 Å². The number of urea groups is 1. The average molecular weight is 521 g/mol. The van der Waals surface area contributed by atoms with Crippen LogP contribution in [0.2, 0.25) is 0 Å². The van der Waals surface area contributed by atoms with Gasteiger partial charge in [0.15, 0.2) is 0 Å². The fraction of sp³-hybridized carbons (Fsp3) is 0.292. The van der Waals surface area contributed by atoms with Gasteiger partial charge in [0.2, 0.25) is 0 Å². The molecule has 0 radical (unpaired) electrons. The molecule has 2 heterocycles. The van der Waals surface area contributed by atoms with E-state index in [1.54, 1.807) is 42.3 Å². The third-order valence-corrected chi connectivity index (χ3v) is 5.72. The number of hydrogen-bond acceptors (Lipinski definition) is 5. The quantitative estimate of drug-likeness (QED) is 0.470. The molecule has 4 rings (SSSR count). The smallest absolute Gasteiger partial charge is 0.489 e. The van der Waals surface area contributed by atoms with Crippen LogP contribution in [0.15, 0.2) is 48.8 Å². The second-order valence-corrected chi connectivity index (χ2v) is 8.40. The van der Waals surface area contributed by atoms with Gasteiger partial charge in [-0.1, -0.05) is 6.07 Å². The van der Waals surface area contributed by atoms with Gasteiger partial charge in [0.1, 0.15) is 23.4 Å². The molecule has 3 N–H and O–H groups in total. The van der Waals surface area contributed by atoms with Crippen LogP contribution < -0.4 is 20.5 Å². The maximum atomic E-state index is 14.2. The summed E-state index contributed by atoms with van der Waals surface area (Å²) in [5.74, 6) is -2.12. The molecule has 1 aliphatic heterocycles. The van der Waals surface area contributed by atoms with Crippen LogP contribution in [-0.4, -0.2) is 52.2 Å². The van der Waals surface area contributed by atoms with Gasteiger partial charge in [-0.3, -0.25) is 9.48 Å². The molecule has 0 spiro atoms. The van der Waals surface area contributed by atoms with Crippen molar-refractivity contribution < 1.29 is 36.6 Å². The number of carbonyl (C=O) groups is 2. The fourth-order valence-corrected chi connectivity index (χ4v) is 3.92. The van der Waals surface area contributed by atoms with Gasteiger partial charge in [0, 0.05) is 50.8 Å². The van der Waals surface area contributed by atoms with Crippen LogP contribution in [0.4, 0.5) is 28.0 Å². The normalized spacial score (nSPS) is 14.4. The van der Waals surface area contributed by atoms with Crippen LogP contribution in [0.3, 0.4) is 0 Å². The van der Waals surface area contributed by atoms with Gasteiger partial charge in [-0.05, 0) is 29.8 Å². The second kappa shape index (κ2) is 10.4. The largest absolute Gasteiger partial charge is 0.573 e. The first-order valence-corrected chi connectivity index (χ1v) is 11.2. The second-order valence-electron chi connectivity index (χ2n) is 8.40. The number of piperidine rings is 1. The number of nitrogens with one attached hydrogen (secondary N) is 1. The molecule has 2 aromatic carbocycles. The molecule has 0 unspecified atom stereocenters. The number of benzene rings is 2. The highest BCUT2D eigenvalue weighted by Crippen LogP contribution is 2.29. The molecule has 1 fully saturated rings. The zero-order valence-electron chi connectivity index (χ0n) is 19.6. The number of rotatable bonds is 6. The van der Waals surface area contributed by atoms with Crippen LogP contribution in [0, 0.1) is 5.82 Å². The van der Waals surface area contributed by atoms with Crippen molar-refractivity contribution in [2.45, 2.75) is 25.3 Å². The maximum absolute atomic E-state index is 14.2. The van der Waals surface area contributed by atoms with E-state index in [0.29, 0.717) is 24.7 Å². The van der Waals surface area contributed by atoms with Crippen LogP contribution in [-0.2, 0) is 7.05 Å². The Bertz CT molecular complexity index is 1300. The average Bonchev–Trinajstić information content (AvgIpc) is 3.26. The monoisotopic (exact) mass is 521 g/mol. The molecular weight excluding hydrogens is 498 g/mol. The number of carbonyl (C=O) groups excluding carboxylic acids is 2. The fourth-order valence-electron chi connectivity index (χ4n) is 3.92. The summed E-state index contributed by atoms with van der Waals surface area (Å²) in [4.78, 5) is 26.0. The lowest BCUT2D eigenvalue weighted by atomic mass is 10.0. The van der Waals surface area contributed by atoms with Gasteiger partial charge in [-0.2, -0.15) is 5.10 Å². The Hall–Kier alpha value is -4.29. The predicted octanol–water partition coefficient (Wildman–Crippen LogP) is 4.30. The van der Waals surface area contributed by atoms with E-state index in [2.05, 4.69) is 15.2 Å². The van der Waals surface area contributed by atoms with E-state index in [0.717, 1.165) is 23.3 Å². The van der Waals surface area contributed by atoms with Crippen molar-refractivity contribution in [2.24, 2.45) is 12.8 Å². The molecule has 9 nitrogen and oxygen atoms in total. The minimum Gasteiger partial charge on any atom is -0.489 e. The van der Waals surface area contributed by atoms with Gasteiger partial charge >= 0.3 is 12.4 Å². The molecule has 1 aromatic heterocycles. The van der Waals surface area contributed by atoms with Crippen molar-refractivity contribution >= 4 is 17.6 Å². The summed E-state index contributed by atoms with van der Waals surface area (Å²) in [5, 5.41) is 6.47. The lowest BCUT2D eigenvalue weighted by Gasteiger charge is -2.32. The van der Waals surface area contributed by atoms with Crippen LogP contribution in [0.1, 0.15) is 23.2 Å². The van der Waals surface area contributed by atoms with Gasteiger partial charge in [-0.25, -0.2) is 9.18 Å². The molecule has 3 amide bonds. The zero-order valence-corrected chi connectivity index (χ0v) is 19.6. The van der Waals surface area contributed by atoms with E-state index >= 15 is 0 Å². The number of primary amides is 1. The Kier molecular flexibility index (Phi) is 7.23. The van der Waals surface area contributed by atoms with Gasteiger partial charge in [0.05, 0.1) is 17.4 Å². The number of aromatic nitrogens is 2. The van der Waals surface area contributed by atoms with Gasteiger partial charge in [0.25, 0.3) is 5.91 Å². The SMILES string of the molecule is Cn1cc(-c2ccc(OC3CCN(C(=O)Nc4ccc(OC(F)(F)F)cc4F)CC3)c(C(N)=O)c2)cn1. The van der Waals surface area contributed by atoms with E-state index in [1.165, 1.54) is 4.90 Å². The summed E-state index contributed by atoms with van der Waals surface area (Å²) in [6, 6.07) is 6.92. The molecule has 196 valence electrons. The molecule has 13 heteroatoms. The highest BCUT2D eigenvalue weighted by Gasteiger charge is 2.31. The number of nitrogens with zero attached hydrogens (tertiary/aromatic N) is 3. The molecule has 0 aliphatic carbocycles. The topological polar surface area (TPSA) is 112 Å². The summed E-state index contributed by atoms with van der Waals surface area (Å²) in [6.45, 7) is 0.542. The van der Waals surface area contributed by atoms with E-state index in [9.17, 15) is 27.2 Å². The summed E-state index contributed by atoms with van der Waals surface area (Å²) in [6.07, 6.45) is -0.936. The van der Waals surface area contributed by atoms with Crippen molar-refractivity contribution in [1.29, 1.82) is 0 Å².